The number of nitrogens with one attached hydrogen (secondary N) is 1. The Labute approximate surface area is 149 Å². The second kappa shape index (κ2) is 7.65. The Morgan fingerprint density at radius 1 is 1.08 bits per heavy atom. The predicted molar refractivity (Wildman–Crippen MR) is 95.8 cm³/mol. The van der Waals surface area contributed by atoms with Crippen LogP contribution in [0.2, 0.25) is 0 Å². The third-order valence-corrected chi connectivity index (χ3v) is 3.78. The zero-order valence-electron chi connectivity index (χ0n) is 14.2. The van der Waals surface area contributed by atoms with Crippen molar-refractivity contribution in [1.29, 1.82) is 0 Å². The van der Waals surface area contributed by atoms with Gasteiger partial charge in [0.1, 0.15) is 5.58 Å². The molecule has 0 fully saturated rings. The first-order valence-electron chi connectivity index (χ1n) is 8.05. The van der Waals surface area contributed by atoms with E-state index in [1.165, 1.54) is 0 Å². The molecular formula is C20H17NO5. The number of benzene rings is 2. The maximum Gasteiger partial charge on any atom is 0.374 e. The minimum Gasteiger partial charge on any atom is -0.450 e. The molecular weight excluding hydrogens is 334 g/mol. The van der Waals surface area contributed by atoms with E-state index in [4.69, 9.17) is 9.15 Å². The molecule has 0 aliphatic rings. The maximum absolute atomic E-state index is 12.0. The van der Waals surface area contributed by atoms with Gasteiger partial charge in [-0.15, -0.1) is 0 Å². The van der Waals surface area contributed by atoms with Crippen LogP contribution in [0, 0.1) is 6.92 Å². The predicted octanol–water partition coefficient (Wildman–Crippen LogP) is 2.57. The number of hydrogen-bond donors (Lipinski definition) is 1. The fourth-order valence-corrected chi connectivity index (χ4v) is 2.36. The first-order valence-corrected chi connectivity index (χ1v) is 8.05. The SMILES string of the molecule is Cc1ccc(CNC(=O)COC(=O)c2cc(=O)c3ccccc3o2)cc1. The fourth-order valence-electron chi connectivity index (χ4n) is 2.36. The van der Waals surface area contributed by atoms with Gasteiger partial charge in [0.15, 0.2) is 12.0 Å². The summed E-state index contributed by atoms with van der Waals surface area (Å²) >= 11 is 0. The van der Waals surface area contributed by atoms with Gasteiger partial charge >= 0.3 is 5.97 Å². The molecule has 3 aromatic rings. The molecule has 1 heterocycles. The highest BCUT2D eigenvalue weighted by Crippen LogP contribution is 2.12. The van der Waals surface area contributed by atoms with Gasteiger partial charge in [0.05, 0.1) is 5.39 Å². The van der Waals surface area contributed by atoms with Crippen molar-refractivity contribution in [2.75, 3.05) is 6.61 Å². The number of rotatable bonds is 5. The number of ether oxygens (including phenoxy) is 1. The Morgan fingerprint density at radius 2 is 1.81 bits per heavy atom. The third-order valence-electron chi connectivity index (χ3n) is 3.78. The number of fused-ring (bicyclic) bond motifs is 1. The monoisotopic (exact) mass is 351 g/mol. The van der Waals surface area contributed by atoms with E-state index in [2.05, 4.69) is 5.32 Å². The van der Waals surface area contributed by atoms with Crippen LogP contribution in [0.3, 0.4) is 0 Å². The summed E-state index contributed by atoms with van der Waals surface area (Å²) in [5, 5.41) is 3.03. The van der Waals surface area contributed by atoms with Crippen molar-refractivity contribution in [2.45, 2.75) is 13.5 Å². The molecule has 0 aliphatic carbocycles. The Kier molecular flexibility index (Phi) is 5.12. The Morgan fingerprint density at radius 3 is 2.58 bits per heavy atom. The molecule has 0 spiro atoms. The lowest BCUT2D eigenvalue weighted by molar-refractivity contribution is -0.124. The molecule has 0 unspecified atom stereocenters. The molecule has 0 aliphatic heterocycles. The van der Waals surface area contributed by atoms with E-state index < -0.39 is 18.5 Å². The molecule has 1 amide bonds. The van der Waals surface area contributed by atoms with E-state index >= 15 is 0 Å². The van der Waals surface area contributed by atoms with Gasteiger partial charge in [-0.1, -0.05) is 42.0 Å². The summed E-state index contributed by atoms with van der Waals surface area (Å²) in [6.07, 6.45) is 0. The molecule has 6 nitrogen and oxygen atoms in total. The summed E-state index contributed by atoms with van der Waals surface area (Å²) in [7, 11) is 0. The van der Waals surface area contributed by atoms with Crippen molar-refractivity contribution in [3.63, 3.8) is 0 Å². The summed E-state index contributed by atoms with van der Waals surface area (Å²) in [6.45, 7) is 1.86. The average molecular weight is 351 g/mol. The Balaban J connectivity index is 1.57. The van der Waals surface area contributed by atoms with Crippen molar-refractivity contribution >= 4 is 22.8 Å². The highest BCUT2D eigenvalue weighted by molar-refractivity contribution is 5.90. The maximum atomic E-state index is 12.0. The largest absolute Gasteiger partial charge is 0.450 e. The Hall–Kier alpha value is -3.41. The number of aryl methyl sites for hydroxylation is 1. The first kappa shape index (κ1) is 17.4. The molecule has 2 aromatic carbocycles. The quantitative estimate of drug-likeness (QED) is 0.714. The van der Waals surface area contributed by atoms with Crippen molar-refractivity contribution in [3.8, 4) is 0 Å². The van der Waals surface area contributed by atoms with E-state index in [-0.39, 0.29) is 16.8 Å². The number of para-hydroxylation sites is 1. The van der Waals surface area contributed by atoms with Gasteiger partial charge in [0, 0.05) is 12.6 Å². The van der Waals surface area contributed by atoms with E-state index in [1.54, 1.807) is 24.3 Å². The highest BCUT2D eigenvalue weighted by Gasteiger charge is 2.15. The summed E-state index contributed by atoms with van der Waals surface area (Å²) in [4.78, 5) is 35.8. The average Bonchev–Trinajstić information content (AvgIpc) is 2.65. The molecule has 0 radical (unpaired) electrons. The number of carbonyl (C=O) groups excluding carboxylic acids is 2. The van der Waals surface area contributed by atoms with Crippen molar-refractivity contribution in [3.05, 3.63) is 81.7 Å². The van der Waals surface area contributed by atoms with Gasteiger partial charge in [0.25, 0.3) is 5.91 Å². The topological polar surface area (TPSA) is 85.6 Å². The fraction of sp³-hybridized carbons (Fsp3) is 0.150. The van der Waals surface area contributed by atoms with E-state index in [0.717, 1.165) is 17.2 Å². The molecule has 0 saturated heterocycles. The van der Waals surface area contributed by atoms with Crippen LogP contribution in [0.15, 0.2) is 63.8 Å². The Bertz CT molecular complexity index is 1000. The molecule has 132 valence electrons. The van der Waals surface area contributed by atoms with Gasteiger partial charge in [-0.2, -0.15) is 0 Å². The van der Waals surface area contributed by atoms with Crippen molar-refractivity contribution in [2.24, 2.45) is 0 Å². The lowest BCUT2D eigenvalue weighted by Gasteiger charge is -2.07. The van der Waals surface area contributed by atoms with Crippen LogP contribution in [-0.4, -0.2) is 18.5 Å². The molecule has 1 N–H and O–H groups in total. The van der Waals surface area contributed by atoms with Crippen molar-refractivity contribution in [1.82, 2.24) is 5.32 Å². The normalized spacial score (nSPS) is 10.5. The summed E-state index contributed by atoms with van der Waals surface area (Å²) in [5.74, 6) is -1.54. The zero-order valence-corrected chi connectivity index (χ0v) is 14.2. The van der Waals surface area contributed by atoms with Gasteiger partial charge in [0.2, 0.25) is 5.76 Å². The number of esters is 1. The molecule has 26 heavy (non-hydrogen) atoms. The lowest BCUT2D eigenvalue weighted by Crippen LogP contribution is -2.28. The molecule has 0 saturated carbocycles. The molecule has 0 atom stereocenters. The van der Waals surface area contributed by atoms with Crippen LogP contribution in [0.1, 0.15) is 21.7 Å². The summed E-state index contributed by atoms with van der Waals surface area (Å²) < 4.78 is 10.3. The van der Waals surface area contributed by atoms with Gasteiger partial charge in [-0.25, -0.2) is 4.79 Å². The molecule has 6 heteroatoms. The van der Waals surface area contributed by atoms with Crippen LogP contribution in [0.4, 0.5) is 0 Å². The number of hydrogen-bond acceptors (Lipinski definition) is 5. The van der Waals surface area contributed by atoms with E-state index in [0.29, 0.717) is 11.9 Å². The second-order valence-corrected chi connectivity index (χ2v) is 5.81. The molecule has 0 bridgehead atoms. The molecule has 3 rings (SSSR count). The minimum absolute atomic E-state index is 0.236. The van der Waals surface area contributed by atoms with Crippen LogP contribution < -0.4 is 10.7 Å². The number of carbonyl (C=O) groups is 2. The molecule has 1 aromatic heterocycles. The van der Waals surface area contributed by atoms with Crippen LogP contribution in [-0.2, 0) is 16.1 Å². The third kappa shape index (κ3) is 4.16. The van der Waals surface area contributed by atoms with Gasteiger partial charge in [-0.05, 0) is 24.6 Å². The minimum atomic E-state index is -0.863. The first-order chi connectivity index (χ1) is 12.5. The van der Waals surface area contributed by atoms with E-state index in [9.17, 15) is 14.4 Å². The van der Waals surface area contributed by atoms with Crippen LogP contribution in [0.5, 0.6) is 0 Å². The summed E-state index contributed by atoms with van der Waals surface area (Å²) in [5.41, 5.74) is 2.01. The zero-order chi connectivity index (χ0) is 18.5. The van der Waals surface area contributed by atoms with Gasteiger partial charge in [-0.3, -0.25) is 9.59 Å². The van der Waals surface area contributed by atoms with Crippen LogP contribution >= 0.6 is 0 Å². The van der Waals surface area contributed by atoms with Crippen molar-refractivity contribution < 1.29 is 18.7 Å². The smallest absolute Gasteiger partial charge is 0.374 e. The van der Waals surface area contributed by atoms with Crippen LogP contribution in [0.25, 0.3) is 11.0 Å². The standard InChI is InChI=1S/C20H17NO5/c1-13-6-8-14(9-7-13)11-21-19(23)12-25-20(24)18-10-16(22)15-4-2-3-5-17(15)26-18/h2-10H,11-12H2,1H3,(H,21,23). The lowest BCUT2D eigenvalue weighted by atomic mass is 10.1. The number of amides is 1. The highest BCUT2D eigenvalue weighted by atomic mass is 16.5. The second-order valence-electron chi connectivity index (χ2n) is 5.81. The van der Waals surface area contributed by atoms with E-state index in [1.807, 2.05) is 31.2 Å². The summed E-state index contributed by atoms with van der Waals surface area (Å²) in [6, 6.07) is 15.4. The van der Waals surface area contributed by atoms with Gasteiger partial charge < -0.3 is 14.5 Å².